The van der Waals surface area contributed by atoms with Gasteiger partial charge in [-0.3, -0.25) is 4.79 Å². The van der Waals surface area contributed by atoms with Crippen molar-refractivity contribution in [3.05, 3.63) is 0 Å². The van der Waals surface area contributed by atoms with Crippen molar-refractivity contribution < 1.29 is 9.53 Å². The van der Waals surface area contributed by atoms with Gasteiger partial charge in [0, 0.05) is 13.0 Å². The summed E-state index contributed by atoms with van der Waals surface area (Å²) in [6.45, 7) is 4.58. The second-order valence-electron chi connectivity index (χ2n) is 4.09. The summed E-state index contributed by atoms with van der Waals surface area (Å²) in [4.78, 5) is 11.8. The SMILES string of the molecule is CCC(COC)NC(=O)C1CCNCC1. The zero-order valence-electron chi connectivity index (χ0n) is 9.71. The van der Waals surface area contributed by atoms with Crippen molar-refractivity contribution in [1.82, 2.24) is 10.6 Å². The van der Waals surface area contributed by atoms with Crippen molar-refractivity contribution in [1.29, 1.82) is 0 Å². The molecule has 0 saturated carbocycles. The van der Waals surface area contributed by atoms with Crippen molar-refractivity contribution in [3.63, 3.8) is 0 Å². The van der Waals surface area contributed by atoms with Crippen molar-refractivity contribution in [2.75, 3.05) is 26.8 Å². The molecule has 88 valence electrons. The van der Waals surface area contributed by atoms with Gasteiger partial charge in [-0.1, -0.05) is 6.92 Å². The first-order valence-corrected chi connectivity index (χ1v) is 5.78. The summed E-state index contributed by atoms with van der Waals surface area (Å²) < 4.78 is 5.06. The van der Waals surface area contributed by atoms with Crippen LogP contribution in [-0.2, 0) is 9.53 Å². The number of methoxy groups -OCH3 is 1. The van der Waals surface area contributed by atoms with E-state index in [1.165, 1.54) is 0 Å². The van der Waals surface area contributed by atoms with E-state index in [4.69, 9.17) is 4.74 Å². The summed E-state index contributed by atoms with van der Waals surface area (Å²) in [7, 11) is 1.67. The van der Waals surface area contributed by atoms with Crippen LogP contribution in [0.5, 0.6) is 0 Å². The Hall–Kier alpha value is -0.610. The fraction of sp³-hybridized carbons (Fsp3) is 0.909. The third kappa shape index (κ3) is 4.18. The highest BCUT2D eigenvalue weighted by atomic mass is 16.5. The molecule has 2 N–H and O–H groups in total. The number of piperidine rings is 1. The van der Waals surface area contributed by atoms with Crippen LogP contribution in [-0.4, -0.2) is 38.8 Å². The molecule has 1 heterocycles. The Balaban J connectivity index is 2.31. The molecule has 4 heteroatoms. The molecular formula is C11H22N2O2. The molecule has 1 fully saturated rings. The summed E-state index contributed by atoms with van der Waals surface area (Å²) in [6, 6.07) is 0.164. The van der Waals surface area contributed by atoms with E-state index in [1.807, 2.05) is 0 Å². The molecule has 15 heavy (non-hydrogen) atoms. The monoisotopic (exact) mass is 214 g/mol. The van der Waals surface area contributed by atoms with Crippen LogP contribution in [0.4, 0.5) is 0 Å². The molecule has 0 aromatic carbocycles. The standard InChI is InChI=1S/C11H22N2O2/c1-3-10(8-15-2)13-11(14)9-4-6-12-7-5-9/h9-10,12H,3-8H2,1-2H3,(H,13,14). The Morgan fingerprint density at radius 1 is 1.53 bits per heavy atom. The molecule has 4 nitrogen and oxygen atoms in total. The number of nitrogens with one attached hydrogen (secondary N) is 2. The van der Waals surface area contributed by atoms with Crippen LogP contribution in [0, 0.1) is 5.92 Å². The van der Waals surface area contributed by atoms with E-state index in [0.717, 1.165) is 32.4 Å². The molecule has 1 unspecified atom stereocenters. The Kier molecular flexibility index (Phi) is 5.65. The van der Waals surface area contributed by atoms with Crippen LogP contribution in [0.25, 0.3) is 0 Å². The molecule has 0 aliphatic carbocycles. The van der Waals surface area contributed by atoms with Crippen LogP contribution in [0.2, 0.25) is 0 Å². The highest BCUT2D eigenvalue weighted by molar-refractivity contribution is 5.79. The van der Waals surface area contributed by atoms with Gasteiger partial charge in [0.1, 0.15) is 0 Å². The lowest BCUT2D eigenvalue weighted by atomic mass is 9.97. The van der Waals surface area contributed by atoms with E-state index in [0.29, 0.717) is 6.61 Å². The predicted octanol–water partition coefficient (Wildman–Crippen LogP) is 0.527. The Labute approximate surface area is 91.8 Å². The highest BCUT2D eigenvalue weighted by Gasteiger charge is 2.22. The van der Waals surface area contributed by atoms with E-state index in [2.05, 4.69) is 17.6 Å². The van der Waals surface area contributed by atoms with Gasteiger partial charge in [-0.15, -0.1) is 0 Å². The smallest absolute Gasteiger partial charge is 0.223 e. The van der Waals surface area contributed by atoms with Crippen molar-refractivity contribution in [2.45, 2.75) is 32.2 Å². The van der Waals surface area contributed by atoms with E-state index >= 15 is 0 Å². The second-order valence-corrected chi connectivity index (χ2v) is 4.09. The van der Waals surface area contributed by atoms with Crippen molar-refractivity contribution >= 4 is 5.91 Å². The van der Waals surface area contributed by atoms with Crippen molar-refractivity contribution in [3.8, 4) is 0 Å². The number of hydrogen-bond acceptors (Lipinski definition) is 3. The number of ether oxygens (including phenoxy) is 1. The molecule has 1 aliphatic heterocycles. The van der Waals surface area contributed by atoms with Gasteiger partial charge < -0.3 is 15.4 Å². The molecule has 1 atom stereocenters. The second kappa shape index (κ2) is 6.80. The zero-order valence-corrected chi connectivity index (χ0v) is 9.71. The Morgan fingerprint density at radius 3 is 2.73 bits per heavy atom. The average Bonchev–Trinajstić information content (AvgIpc) is 2.29. The van der Waals surface area contributed by atoms with Gasteiger partial charge in [-0.05, 0) is 32.4 Å². The maximum Gasteiger partial charge on any atom is 0.223 e. The first-order valence-electron chi connectivity index (χ1n) is 5.78. The van der Waals surface area contributed by atoms with Crippen LogP contribution in [0.1, 0.15) is 26.2 Å². The summed E-state index contributed by atoms with van der Waals surface area (Å²) in [5, 5.41) is 6.30. The van der Waals surface area contributed by atoms with E-state index in [-0.39, 0.29) is 17.9 Å². The molecule has 0 aromatic heterocycles. The van der Waals surface area contributed by atoms with Crippen LogP contribution in [0.3, 0.4) is 0 Å². The van der Waals surface area contributed by atoms with Gasteiger partial charge in [0.2, 0.25) is 5.91 Å². The molecule has 1 amide bonds. The fourth-order valence-electron chi connectivity index (χ4n) is 1.87. The number of hydrogen-bond donors (Lipinski definition) is 2. The topological polar surface area (TPSA) is 50.4 Å². The van der Waals surface area contributed by atoms with Crippen LogP contribution < -0.4 is 10.6 Å². The van der Waals surface area contributed by atoms with E-state index in [9.17, 15) is 4.79 Å². The zero-order chi connectivity index (χ0) is 11.1. The van der Waals surface area contributed by atoms with Gasteiger partial charge in [0.25, 0.3) is 0 Å². The third-order valence-corrected chi connectivity index (χ3v) is 2.92. The number of carbonyl (C=O) groups is 1. The minimum Gasteiger partial charge on any atom is -0.383 e. The van der Waals surface area contributed by atoms with Gasteiger partial charge in [-0.25, -0.2) is 0 Å². The highest BCUT2D eigenvalue weighted by Crippen LogP contribution is 2.11. The van der Waals surface area contributed by atoms with Gasteiger partial charge >= 0.3 is 0 Å². The molecule has 0 radical (unpaired) electrons. The maximum absolute atomic E-state index is 11.8. The summed E-state index contributed by atoms with van der Waals surface area (Å²) in [6.07, 6.45) is 2.83. The number of carbonyl (C=O) groups excluding carboxylic acids is 1. The average molecular weight is 214 g/mol. The van der Waals surface area contributed by atoms with E-state index in [1.54, 1.807) is 7.11 Å². The number of amides is 1. The van der Waals surface area contributed by atoms with Gasteiger partial charge in [-0.2, -0.15) is 0 Å². The summed E-state index contributed by atoms with van der Waals surface area (Å²) in [5.74, 6) is 0.387. The Bertz CT molecular complexity index is 191. The minimum absolute atomic E-state index is 0.164. The molecule has 0 spiro atoms. The predicted molar refractivity (Wildman–Crippen MR) is 59.7 cm³/mol. The third-order valence-electron chi connectivity index (χ3n) is 2.92. The fourth-order valence-corrected chi connectivity index (χ4v) is 1.87. The van der Waals surface area contributed by atoms with Crippen molar-refractivity contribution in [2.24, 2.45) is 5.92 Å². The van der Waals surface area contributed by atoms with E-state index < -0.39 is 0 Å². The van der Waals surface area contributed by atoms with Gasteiger partial charge in [0.15, 0.2) is 0 Å². The largest absolute Gasteiger partial charge is 0.383 e. The minimum atomic E-state index is 0.164. The van der Waals surface area contributed by atoms with Crippen LogP contribution >= 0.6 is 0 Å². The molecule has 0 aromatic rings. The maximum atomic E-state index is 11.8. The van der Waals surface area contributed by atoms with Crippen LogP contribution in [0.15, 0.2) is 0 Å². The molecule has 1 saturated heterocycles. The Morgan fingerprint density at radius 2 is 2.20 bits per heavy atom. The summed E-state index contributed by atoms with van der Waals surface area (Å²) >= 11 is 0. The normalized spacial score (nSPS) is 19.9. The first kappa shape index (κ1) is 12.5. The molecule has 0 bridgehead atoms. The summed E-state index contributed by atoms with van der Waals surface area (Å²) in [5.41, 5.74) is 0. The lowest BCUT2D eigenvalue weighted by Gasteiger charge is -2.24. The molecular weight excluding hydrogens is 192 g/mol. The number of rotatable bonds is 5. The molecule has 1 aliphatic rings. The first-order chi connectivity index (χ1) is 7.27. The molecule has 1 rings (SSSR count). The quantitative estimate of drug-likeness (QED) is 0.702. The van der Waals surface area contributed by atoms with Gasteiger partial charge in [0.05, 0.1) is 12.6 Å². The lowest BCUT2D eigenvalue weighted by Crippen LogP contribution is -2.44. The lowest BCUT2D eigenvalue weighted by molar-refractivity contribution is -0.126.